The van der Waals surface area contributed by atoms with Crippen LogP contribution in [-0.2, 0) is 22.1 Å². The molecule has 2 saturated heterocycles. The first kappa shape index (κ1) is 22.8. The predicted molar refractivity (Wildman–Crippen MR) is 116 cm³/mol. The number of carbonyl (C=O) groups excluding carboxylic acids is 2. The highest BCUT2D eigenvalue weighted by atomic mass is 19.4. The SMILES string of the molecule is O=C(NC[C@@H]1CCCO1)[C@@H]1Cc2cc(C(F)(F)F)ccc2N2CCN(C(=O)c3ccco3)C[C@H]12. The summed E-state index contributed by atoms with van der Waals surface area (Å²) in [6, 6.07) is 6.58. The Morgan fingerprint density at radius 1 is 1.18 bits per heavy atom. The predicted octanol–water partition coefficient (Wildman–Crippen LogP) is 3.10. The number of alkyl halides is 3. The number of benzene rings is 1. The van der Waals surface area contributed by atoms with Crippen LogP contribution < -0.4 is 10.2 Å². The van der Waals surface area contributed by atoms with Crippen molar-refractivity contribution in [3.05, 3.63) is 53.5 Å². The van der Waals surface area contributed by atoms with Gasteiger partial charge in [-0.15, -0.1) is 0 Å². The zero-order valence-corrected chi connectivity index (χ0v) is 18.5. The van der Waals surface area contributed by atoms with E-state index in [1.54, 1.807) is 17.0 Å². The Balaban J connectivity index is 1.41. The average molecular weight is 477 g/mol. The molecule has 2 amide bonds. The van der Waals surface area contributed by atoms with E-state index in [0.29, 0.717) is 37.5 Å². The van der Waals surface area contributed by atoms with Crippen LogP contribution in [0.1, 0.15) is 34.5 Å². The number of furan rings is 1. The fourth-order valence-corrected chi connectivity index (χ4v) is 5.19. The zero-order chi connectivity index (χ0) is 23.9. The maximum atomic E-state index is 13.4. The zero-order valence-electron chi connectivity index (χ0n) is 18.5. The molecule has 0 saturated carbocycles. The smallest absolute Gasteiger partial charge is 0.416 e. The Labute approximate surface area is 194 Å². The summed E-state index contributed by atoms with van der Waals surface area (Å²) in [5, 5.41) is 2.94. The quantitative estimate of drug-likeness (QED) is 0.733. The first-order chi connectivity index (χ1) is 16.3. The minimum atomic E-state index is -4.46. The monoisotopic (exact) mass is 477 g/mol. The van der Waals surface area contributed by atoms with Crippen LogP contribution in [0.5, 0.6) is 0 Å². The van der Waals surface area contributed by atoms with Gasteiger partial charge in [0.25, 0.3) is 5.91 Å². The van der Waals surface area contributed by atoms with E-state index >= 15 is 0 Å². The summed E-state index contributed by atoms with van der Waals surface area (Å²) in [6.07, 6.45) is -1.10. The summed E-state index contributed by atoms with van der Waals surface area (Å²) >= 11 is 0. The highest BCUT2D eigenvalue weighted by Gasteiger charge is 2.44. The van der Waals surface area contributed by atoms with E-state index in [0.717, 1.165) is 25.0 Å². The highest BCUT2D eigenvalue weighted by Crippen LogP contribution is 2.40. The number of hydrogen-bond donors (Lipinski definition) is 1. The molecule has 5 rings (SSSR count). The standard InChI is InChI=1S/C24H26F3N3O4/c25-24(26,27)16-5-6-19-15(11-16)12-18(22(31)28-13-17-3-1-9-33-17)20-14-29(7-8-30(19)20)23(32)21-4-2-10-34-21/h2,4-6,10-11,17-18,20H,1,3,7-9,12-14H2,(H,28,31)/t17-,18+,20+/m0/s1. The third-order valence-electron chi connectivity index (χ3n) is 6.92. The highest BCUT2D eigenvalue weighted by molar-refractivity contribution is 5.92. The maximum Gasteiger partial charge on any atom is 0.416 e. The third-order valence-corrected chi connectivity index (χ3v) is 6.92. The Kier molecular flexibility index (Phi) is 6.01. The Morgan fingerprint density at radius 3 is 2.74 bits per heavy atom. The van der Waals surface area contributed by atoms with Gasteiger partial charge in [-0.2, -0.15) is 13.2 Å². The van der Waals surface area contributed by atoms with E-state index < -0.39 is 17.7 Å². The van der Waals surface area contributed by atoms with Crippen LogP contribution in [0.4, 0.5) is 18.9 Å². The molecule has 182 valence electrons. The molecule has 2 fully saturated rings. The molecule has 3 aliphatic heterocycles. The lowest BCUT2D eigenvalue weighted by Gasteiger charge is -2.49. The lowest BCUT2D eigenvalue weighted by atomic mass is 9.82. The number of rotatable bonds is 4. The third kappa shape index (κ3) is 4.38. The van der Waals surface area contributed by atoms with E-state index in [9.17, 15) is 22.8 Å². The fraction of sp³-hybridized carbons (Fsp3) is 0.500. The summed E-state index contributed by atoms with van der Waals surface area (Å²) in [6.45, 7) is 2.09. The number of anilines is 1. The number of ether oxygens (including phenoxy) is 1. The van der Waals surface area contributed by atoms with Gasteiger partial charge in [0.2, 0.25) is 5.91 Å². The van der Waals surface area contributed by atoms with Crippen LogP contribution in [0.3, 0.4) is 0 Å². The van der Waals surface area contributed by atoms with Crippen molar-refractivity contribution in [2.24, 2.45) is 5.92 Å². The van der Waals surface area contributed by atoms with Gasteiger partial charge in [0.15, 0.2) is 5.76 Å². The van der Waals surface area contributed by atoms with Gasteiger partial charge in [0.05, 0.1) is 29.9 Å². The minimum absolute atomic E-state index is 0.0452. The van der Waals surface area contributed by atoms with Gasteiger partial charge in [0, 0.05) is 38.5 Å². The van der Waals surface area contributed by atoms with Crippen molar-refractivity contribution in [3.8, 4) is 0 Å². The molecule has 7 nitrogen and oxygen atoms in total. The van der Waals surface area contributed by atoms with Gasteiger partial charge < -0.3 is 24.3 Å². The number of hydrogen-bond acceptors (Lipinski definition) is 5. The molecule has 3 atom stereocenters. The fourth-order valence-electron chi connectivity index (χ4n) is 5.19. The maximum absolute atomic E-state index is 13.4. The summed E-state index contributed by atoms with van der Waals surface area (Å²) in [5.41, 5.74) is 0.454. The van der Waals surface area contributed by atoms with Gasteiger partial charge in [-0.1, -0.05) is 0 Å². The Hall–Kier alpha value is -3.01. The Morgan fingerprint density at radius 2 is 2.03 bits per heavy atom. The molecule has 2 aromatic rings. The summed E-state index contributed by atoms with van der Waals surface area (Å²) in [5.74, 6) is -0.884. The van der Waals surface area contributed by atoms with Crippen molar-refractivity contribution >= 4 is 17.5 Å². The largest absolute Gasteiger partial charge is 0.459 e. The lowest BCUT2D eigenvalue weighted by molar-refractivity contribution is -0.137. The van der Waals surface area contributed by atoms with Gasteiger partial charge in [-0.05, 0) is 55.2 Å². The van der Waals surface area contributed by atoms with Crippen molar-refractivity contribution in [3.63, 3.8) is 0 Å². The molecular weight excluding hydrogens is 451 g/mol. The van der Waals surface area contributed by atoms with Crippen LogP contribution in [0.2, 0.25) is 0 Å². The van der Waals surface area contributed by atoms with E-state index in [1.165, 1.54) is 12.3 Å². The molecule has 1 aromatic heterocycles. The van der Waals surface area contributed by atoms with E-state index in [-0.39, 0.29) is 42.7 Å². The molecule has 1 N–H and O–H groups in total. The number of nitrogens with one attached hydrogen (secondary N) is 1. The molecule has 10 heteroatoms. The lowest BCUT2D eigenvalue weighted by Crippen LogP contribution is -2.62. The average Bonchev–Trinajstić information content (AvgIpc) is 3.55. The molecule has 4 heterocycles. The Bertz CT molecular complexity index is 1050. The molecule has 0 spiro atoms. The van der Waals surface area contributed by atoms with E-state index in [1.807, 2.05) is 4.90 Å². The molecule has 0 radical (unpaired) electrons. The molecule has 0 unspecified atom stereocenters. The number of amides is 2. The minimum Gasteiger partial charge on any atom is -0.459 e. The number of piperazine rings is 1. The number of halogens is 3. The van der Waals surface area contributed by atoms with Gasteiger partial charge in [-0.3, -0.25) is 9.59 Å². The summed E-state index contributed by atoms with van der Waals surface area (Å²) in [4.78, 5) is 29.8. The van der Waals surface area contributed by atoms with Crippen molar-refractivity contribution in [2.75, 3.05) is 37.7 Å². The molecular formula is C24H26F3N3O4. The van der Waals surface area contributed by atoms with Crippen molar-refractivity contribution in [1.82, 2.24) is 10.2 Å². The van der Waals surface area contributed by atoms with E-state index in [2.05, 4.69) is 5.32 Å². The first-order valence-corrected chi connectivity index (χ1v) is 11.5. The molecule has 1 aromatic carbocycles. The topological polar surface area (TPSA) is 75.0 Å². The second kappa shape index (κ2) is 8.98. The van der Waals surface area contributed by atoms with Gasteiger partial charge in [0.1, 0.15) is 0 Å². The van der Waals surface area contributed by atoms with Crippen LogP contribution in [0, 0.1) is 5.92 Å². The molecule has 0 bridgehead atoms. The normalized spacial score (nSPS) is 24.5. The molecule has 34 heavy (non-hydrogen) atoms. The molecule has 0 aliphatic carbocycles. The van der Waals surface area contributed by atoms with E-state index in [4.69, 9.17) is 9.15 Å². The summed E-state index contributed by atoms with van der Waals surface area (Å²) < 4.78 is 50.9. The van der Waals surface area contributed by atoms with Crippen molar-refractivity contribution in [2.45, 2.75) is 37.6 Å². The second-order valence-electron chi connectivity index (χ2n) is 9.02. The van der Waals surface area contributed by atoms with Crippen molar-refractivity contribution < 1.29 is 31.9 Å². The van der Waals surface area contributed by atoms with Crippen LogP contribution in [-0.4, -0.2) is 61.6 Å². The second-order valence-corrected chi connectivity index (χ2v) is 9.02. The van der Waals surface area contributed by atoms with Gasteiger partial charge in [-0.25, -0.2) is 0 Å². The van der Waals surface area contributed by atoms with Gasteiger partial charge >= 0.3 is 6.18 Å². The van der Waals surface area contributed by atoms with Crippen LogP contribution >= 0.6 is 0 Å². The number of nitrogens with zero attached hydrogens (tertiary/aromatic N) is 2. The van der Waals surface area contributed by atoms with Crippen LogP contribution in [0.15, 0.2) is 41.0 Å². The van der Waals surface area contributed by atoms with Crippen LogP contribution in [0.25, 0.3) is 0 Å². The molecule has 3 aliphatic rings. The number of fused-ring (bicyclic) bond motifs is 3. The first-order valence-electron chi connectivity index (χ1n) is 11.5. The summed E-state index contributed by atoms with van der Waals surface area (Å²) in [7, 11) is 0. The number of carbonyl (C=O) groups is 2. The van der Waals surface area contributed by atoms with Crippen molar-refractivity contribution in [1.29, 1.82) is 0 Å².